The molecular formula is C12H6Cl2N2O2S. The van der Waals surface area contributed by atoms with Gasteiger partial charge in [-0.2, -0.15) is 0 Å². The van der Waals surface area contributed by atoms with Gasteiger partial charge in [0, 0.05) is 5.38 Å². The molecule has 0 radical (unpaired) electrons. The summed E-state index contributed by atoms with van der Waals surface area (Å²) in [5.41, 5.74) is 2.92. The van der Waals surface area contributed by atoms with Crippen LogP contribution < -0.4 is 4.90 Å². The second-order valence-corrected chi connectivity index (χ2v) is 5.49. The Bertz CT molecular complexity index is 685. The molecule has 96 valence electrons. The molecule has 2 heterocycles. The van der Waals surface area contributed by atoms with Crippen LogP contribution in [0.4, 0.5) is 5.69 Å². The van der Waals surface area contributed by atoms with Crippen LogP contribution >= 0.6 is 34.5 Å². The second kappa shape index (κ2) is 4.59. The number of Topliss-reactive ketones (excluding diaryl/α,β-unsaturated/α-hetero) is 1. The maximum Gasteiger partial charge on any atom is 0.299 e. The van der Waals surface area contributed by atoms with Gasteiger partial charge in [0.1, 0.15) is 0 Å². The number of rotatable bonds is 2. The van der Waals surface area contributed by atoms with Crippen molar-refractivity contribution in [1.29, 1.82) is 0 Å². The Morgan fingerprint density at radius 3 is 2.63 bits per heavy atom. The lowest BCUT2D eigenvalue weighted by molar-refractivity contribution is -0.114. The number of anilines is 1. The van der Waals surface area contributed by atoms with E-state index in [9.17, 15) is 9.59 Å². The topological polar surface area (TPSA) is 50.3 Å². The van der Waals surface area contributed by atoms with Crippen LogP contribution in [0.15, 0.2) is 23.0 Å². The molecule has 0 N–H and O–H groups in total. The van der Waals surface area contributed by atoms with Crippen molar-refractivity contribution in [1.82, 2.24) is 4.98 Å². The van der Waals surface area contributed by atoms with E-state index < -0.39 is 11.7 Å². The average molecular weight is 313 g/mol. The zero-order chi connectivity index (χ0) is 13.6. The molecule has 0 saturated heterocycles. The van der Waals surface area contributed by atoms with Gasteiger partial charge in [0.15, 0.2) is 0 Å². The van der Waals surface area contributed by atoms with E-state index >= 15 is 0 Å². The van der Waals surface area contributed by atoms with Crippen LogP contribution in [0.3, 0.4) is 0 Å². The highest BCUT2D eigenvalue weighted by molar-refractivity contribution is 7.07. The van der Waals surface area contributed by atoms with Gasteiger partial charge in [0.25, 0.3) is 11.7 Å². The van der Waals surface area contributed by atoms with E-state index in [1.165, 1.54) is 22.3 Å². The summed E-state index contributed by atoms with van der Waals surface area (Å²) in [5, 5.41) is 2.38. The van der Waals surface area contributed by atoms with Crippen LogP contribution in [0.1, 0.15) is 16.1 Å². The van der Waals surface area contributed by atoms with Crippen molar-refractivity contribution in [3.05, 3.63) is 44.3 Å². The van der Waals surface area contributed by atoms with Gasteiger partial charge in [-0.1, -0.05) is 23.2 Å². The first-order valence-electron chi connectivity index (χ1n) is 5.31. The molecule has 0 aliphatic carbocycles. The predicted octanol–water partition coefficient (Wildman–Crippen LogP) is 3.18. The summed E-state index contributed by atoms with van der Waals surface area (Å²) in [6.45, 7) is 0.209. The first-order valence-corrected chi connectivity index (χ1v) is 7.00. The zero-order valence-electron chi connectivity index (χ0n) is 9.39. The number of aromatic nitrogens is 1. The first kappa shape index (κ1) is 12.6. The summed E-state index contributed by atoms with van der Waals surface area (Å²) in [5.74, 6) is -1.25. The summed E-state index contributed by atoms with van der Waals surface area (Å²) in [4.78, 5) is 29.4. The van der Waals surface area contributed by atoms with Gasteiger partial charge in [-0.25, -0.2) is 4.98 Å². The van der Waals surface area contributed by atoms with E-state index in [1.54, 1.807) is 11.6 Å². The molecule has 0 saturated carbocycles. The number of carbonyl (C=O) groups excluding carboxylic acids is 2. The molecule has 0 atom stereocenters. The third-order valence-corrected chi connectivity index (χ3v) is 4.07. The van der Waals surface area contributed by atoms with Crippen molar-refractivity contribution in [2.75, 3.05) is 4.90 Å². The third kappa shape index (κ3) is 1.94. The average Bonchev–Trinajstić information content (AvgIpc) is 2.97. The number of benzene rings is 1. The summed E-state index contributed by atoms with van der Waals surface area (Å²) in [6.07, 6.45) is 0. The molecule has 7 heteroatoms. The number of fused-ring (bicyclic) bond motifs is 1. The van der Waals surface area contributed by atoms with Crippen molar-refractivity contribution in [2.24, 2.45) is 0 Å². The van der Waals surface area contributed by atoms with E-state index in [1.807, 2.05) is 5.38 Å². The Hall–Kier alpha value is -1.43. The monoisotopic (exact) mass is 312 g/mol. The van der Waals surface area contributed by atoms with Gasteiger partial charge >= 0.3 is 0 Å². The molecule has 1 aromatic heterocycles. The number of halogens is 2. The third-order valence-electron chi connectivity index (χ3n) is 2.82. The molecule has 1 aliphatic heterocycles. The summed E-state index contributed by atoms with van der Waals surface area (Å²) in [6, 6.07) is 3.09. The molecule has 1 amide bonds. The summed E-state index contributed by atoms with van der Waals surface area (Å²) in [7, 11) is 0. The normalized spacial score (nSPS) is 14.1. The van der Waals surface area contributed by atoms with Gasteiger partial charge in [-0.15, -0.1) is 11.3 Å². The maximum absolute atomic E-state index is 12.0. The molecule has 0 bridgehead atoms. The molecule has 19 heavy (non-hydrogen) atoms. The highest BCUT2D eigenvalue weighted by atomic mass is 35.5. The van der Waals surface area contributed by atoms with E-state index in [-0.39, 0.29) is 17.1 Å². The van der Waals surface area contributed by atoms with Crippen molar-refractivity contribution in [3.8, 4) is 0 Å². The lowest BCUT2D eigenvalue weighted by atomic mass is 10.1. The number of carbonyl (C=O) groups is 2. The van der Waals surface area contributed by atoms with E-state index in [0.29, 0.717) is 16.4 Å². The molecule has 0 unspecified atom stereocenters. The Morgan fingerprint density at radius 1 is 1.21 bits per heavy atom. The Labute approximate surface area is 122 Å². The zero-order valence-corrected chi connectivity index (χ0v) is 11.7. The molecule has 3 rings (SSSR count). The van der Waals surface area contributed by atoms with Crippen molar-refractivity contribution >= 4 is 51.9 Å². The van der Waals surface area contributed by atoms with Crippen LogP contribution in [-0.2, 0) is 11.3 Å². The molecule has 0 fully saturated rings. The number of hydrogen-bond acceptors (Lipinski definition) is 4. The fraction of sp³-hybridized carbons (Fsp3) is 0.0833. The lowest BCUT2D eigenvalue weighted by Gasteiger charge is -2.16. The molecule has 4 nitrogen and oxygen atoms in total. The van der Waals surface area contributed by atoms with Gasteiger partial charge < -0.3 is 0 Å². The molecule has 1 aromatic carbocycles. The number of nitrogens with zero attached hydrogens (tertiary/aromatic N) is 2. The predicted molar refractivity (Wildman–Crippen MR) is 74.1 cm³/mol. The van der Waals surface area contributed by atoms with Gasteiger partial charge in [0.2, 0.25) is 0 Å². The minimum absolute atomic E-state index is 0.175. The van der Waals surface area contributed by atoms with Crippen LogP contribution in [0.2, 0.25) is 10.0 Å². The Kier molecular flexibility index (Phi) is 3.05. The van der Waals surface area contributed by atoms with Gasteiger partial charge in [-0.3, -0.25) is 14.5 Å². The maximum atomic E-state index is 12.0. The Balaban J connectivity index is 2.12. The highest BCUT2D eigenvalue weighted by Crippen LogP contribution is 2.40. The Morgan fingerprint density at radius 2 is 1.95 bits per heavy atom. The molecule has 2 aromatic rings. The van der Waals surface area contributed by atoms with Gasteiger partial charge in [-0.05, 0) is 12.1 Å². The highest BCUT2D eigenvalue weighted by Gasteiger charge is 2.39. The number of ketones is 1. The second-order valence-electron chi connectivity index (χ2n) is 3.95. The number of thiazole rings is 1. The quantitative estimate of drug-likeness (QED) is 0.800. The van der Waals surface area contributed by atoms with Crippen LogP contribution in [0.25, 0.3) is 0 Å². The minimum atomic E-state index is -0.627. The van der Waals surface area contributed by atoms with Crippen molar-refractivity contribution in [3.63, 3.8) is 0 Å². The summed E-state index contributed by atoms with van der Waals surface area (Å²) < 4.78 is 0. The molecule has 1 aliphatic rings. The lowest BCUT2D eigenvalue weighted by Crippen LogP contribution is -2.29. The van der Waals surface area contributed by atoms with E-state index in [0.717, 1.165) is 0 Å². The smallest absolute Gasteiger partial charge is 0.297 e. The van der Waals surface area contributed by atoms with Crippen molar-refractivity contribution < 1.29 is 9.59 Å². The van der Waals surface area contributed by atoms with E-state index in [4.69, 9.17) is 23.2 Å². The molecular weight excluding hydrogens is 307 g/mol. The van der Waals surface area contributed by atoms with Crippen LogP contribution in [-0.4, -0.2) is 16.7 Å². The van der Waals surface area contributed by atoms with E-state index in [2.05, 4.69) is 4.98 Å². The SMILES string of the molecule is O=C1C(=O)N(Cc2cscn2)c2c(Cl)ccc(Cl)c21. The fourth-order valence-electron chi connectivity index (χ4n) is 1.98. The van der Waals surface area contributed by atoms with Gasteiger partial charge in [0.05, 0.1) is 39.0 Å². The van der Waals surface area contributed by atoms with Crippen LogP contribution in [0, 0.1) is 0 Å². The summed E-state index contributed by atoms with van der Waals surface area (Å²) >= 11 is 13.5. The van der Waals surface area contributed by atoms with Crippen molar-refractivity contribution in [2.45, 2.75) is 6.54 Å². The fourth-order valence-corrected chi connectivity index (χ4v) is 3.03. The molecule has 0 spiro atoms. The number of hydrogen-bond donors (Lipinski definition) is 0. The number of amides is 1. The first-order chi connectivity index (χ1) is 9.09. The largest absolute Gasteiger partial charge is 0.299 e. The minimum Gasteiger partial charge on any atom is -0.297 e. The standard InChI is InChI=1S/C12H6Cl2N2O2S/c13-7-1-2-8(14)10-9(7)11(17)12(18)16(10)3-6-4-19-5-15-6/h1-2,4-5H,3H2. The van der Waals surface area contributed by atoms with Crippen LogP contribution in [0.5, 0.6) is 0 Å².